The number of hydrogen-bond donors (Lipinski definition) is 1. The number of hydrogen-bond acceptors (Lipinski definition) is 2. The van der Waals surface area contributed by atoms with Crippen LogP contribution in [0.15, 0.2) is 53.4 Å². The highest BCUT2D eigenvalue weighted by atomic mass is 35.5. The summed E-state index contributed by atoms with van der Waals surface area (Å²) in [5, 5.41) is 0.961. The van der Waals surface area contributed by atoms with E-state index in [4.69, 9.17) is 17.3 Å². The topological polar surface area (TPSA) is 26.0 Å². The van der Waals surface area contributed by atoms with Crippen LogP contribution in [0.2, 0.25) is 5.02 Å². The third-order valence-corrected chi connectivity index (χ3v) is 5.20. The molecule has 112 valence electrons. The zero-order chi connectivity index (χ0) is 15.4. The summed E-state index contributed by atoms with van der Waals surface area (Å²) in [5.74, 6) is 0.557. The van der Waals surface area contributed by atoms with Gasteiger partial charge in [-0.05, 0) is 48.2 Å². The van der Waals surface area contributed by atoms with Crippen LogP contribution in [-0.4, -0.2) is 6.04 Å². The van der Waals surface area contributed by atoms with E-state index in [9.17, 15) is 0 Å². The normalized spacial score (nSPS) is 14.2. The Hall–Kier alpha value is -0.960. The summed E-state index contributed by atoms with van der Waals surface area (Å²) < 4.78 is 0. The SMILES string of the molecule is CC(C)c1ccc(SC(c2cccc(Cl)c2)C(C)N)cc1. The molecule has 0 aromatic heterocycles. The van der Waals surface area contributed by atoms with E-state index in [-0.39, 0.29) is 11.3 Å². The maximum Gasteiger partial charge on any atom is 0.0493 e. The van der Waals surface area contributed by atoms with Gasteiger partial charge in [0, 0.05) is 21.2 Å². The van der Waals surface area contributed by atoms with Gasteiger partial charge in [-0.3, -0.25) is 0 Å². The minimum Gasteiger partial charge on any atom is -0.327 e. The van der Waals surface area contributed by atoms with Crippen molar-refractivity contribution in [3.63, 3.8) is 0 Å². The van der Waals surface area contributed by atoms with E-state index in [0.29, 0.717) is 5.92 Å². The molecular formula is C18H22ClNS. The van der Waals surface area contributed by atoms with Crippen LogP contribution in [0.25, 0.3) is 0 Å². The van der Waals surface area contributed by atoms with Gasteiger partial charge < -0.3 is 5.73 Å². The van der Waals surface area contributed by atoms with E-state index < -0.39 is 0 Å². The Kier molecular flexibility index (Phi) is 5.74. The lowest BCUT2D eigenvalue weighted by Crippen LogP contribution is -2.22. The molecule has 0 bridgehead atoms. The average molecular weight is 320 g/mol. The Balaban J connectivity index is 2.20. The van der Waals surface area contributed by atoms with Crippen LogP contribution in [0.4, 0.5) is 0 Å². The molecule has 21 heavy (non-hydrogen) atoms. The van der Waals surface area contributed by atoms with Crippen molar-refractivity contribution in [2.24, 2.45) is 5.73 Å². The molecule has 0 spiro atoms. The third-order valence-electron chi connectivity index (χ3n) is 3.46. The van der Waals surface area contributed by atoms with E-state index in [1.54, 1.807) is 11.8 Å². The van der Waals surface area contributed by atoms with Crippen molar-refractivity contribution in [1.29, 1.82) is 0 Å². The largest absolute Gasteiger partial charge is 0.327 e. The van der Waals surface area contributed by atoms with E-state index in [1.807, 2.05) is 25.1 Å². The summed E-state index contributed by atoms with van der Waals surface area (Å²) in [6, 6.07) is 16.8. The summed E-state index contributed by atoms with van der Waals surface area (Å²) >= 11 is 7.90. The number of rotatable bonds is 5. The highest BCUT2D eigenvalue weighted by Crippen LogP contribution is 2.38. The van der Waals surface area contributed by atoms with Gasteiger partial charge in [-0.15, -0.1) is 11.8 Å². The molecule has 0 heterocycles. The van der Waals surface area contributed by atoms with Crippen molar-refractivity contribution < 1.29 is 0 Å². The first kappa shape index (κ1) is 16.4. The fraction of sp³-hybridized carbons (Fsp3) is 0.333. The standard InChI is InChI=1S/C18H22ClNS/c1-12(2)14-7-9-17(10-8-14)21-18(13(3)20)15-5-4-6-16(19)11-15/h4-13,18H,20H2,1-3H3. The van der Waals surface area contributed by atoms with E-state index in [1.165, 1.54) is 16.0 Å². The van der Waals surface area contributed by atoms with Gasteiger partial charge in [0.2, 0.25) is 0 Å². The molecule has 2 atom stereocenters. The van der Waals surface area contributed by atoms with Gasteiger partial charge in [-0.25, -0.2) is 0 Å². The molecule has 0 aliphatic heterocycles. The van der Waals surface area contributed by atoms with Crippen molar-refractivity contribution >= 4 is 23.4 Å². The van der Waals surface area contributed by atoms with Crippen LogP contribution < -0.4 is 5.73 Å². The van der Waals surface area contributed by atoms with Gasteiger partial charge in [-0.2, -0.15) is 0 Å². The van der Waals surface area contributed by atoms with Gasteiger partial charge in [0.05, 0.1) is 0 Å². The molecule has 0 radical (unpaired) electrons. The zero-order valence-corrected chi connectivity index (χ0v) is 14.3. The third kappa shape index (κ3) is 4.50. The fourth-order valence-electron chi connectivity index (χ4n) is 2.24. The average Bonchev–Trinajstić information content (AvgIpc) is 2.45. The second-order valence-electron chi connectivity index (χ2n) is 5.68. The number of halogens is 1. The maximum atomic E-state index is 6.18. The smallest absolute Gasteiger partial charge is 0.0493 e. The van der Waals surface area contributed by atoms with E-state index in [0.717, 1.165) is 5.02 Å². The van der Waals surface area contributed by atoms with Crippen LogP contribution in [0.3, 0.4) is 0 Å². The summed E-state index contributed by atoms with van der Waals surface area (Å²) in [6.07, 6.45) is 0. The van der Waals surface area contributed by atoms with Crippen molar-refractivity contribution in [3.05, 3.63) is 64.7 Å². The molecule has 2 rings (SSSR count). The van der Waals surface area contributed by atoms with Crippen LogP contribution >= 0.6 is 23.4 Å². The molecule has 0 saturated carbocycles. The molecule has 0 fully saturated rings. The first-order valence-electron chi connectivity index (χ1n) is 7.25. The van der Waals surface area contributed by atoms with Gasteiger partial charge in [0.15, 0.2) is 0 Å². The molecule has 1 nitrogen and oxygen atoms in total. The van der Waals surface area contributed by atoms with Gasteiger partial charge in [0.1, 0.15) is 0 Å². The first-order valence-corrected chi connectivity index (χ1v) is 8.51. The Morgan fingerprint density at radius 3 is 2.14 bits per heavy atom. The quantitative estimate of drug-likeness (QED) is 0.721. The molecule has 2 aromatic rings. The molecular weight excluding hydrogens is 298 g/mol. The Labute approximate surface area is 136 Å². The summed E-state index contributed by atoms with van der Waals surface area (Å²) in [6.45, 7) is 6.46. The van der Waals surface area contributed by atoms with Crippen LogP contribution in [0.1, 0.15) is 43.1 Å². The van der Waals surface area contributed by atoms with Crippen molar-refractivity contribution in [1.82, 2.24) is 0 Å². The fourth-order valence-corrected chi connectivity index (χ4v) is 3.52. The van der Waals surface area contributed by atoms with Gasteiger partial charge in [0.25, 0.3) is 0 Å². The van der Waals surface area contributed by atoms with Crippen molar-refractivity contribution in [2.45, 2.75) is 42.9 Å². The number of nitrogens with two attached hydrogens (primary N) is 1. The Bertz CT molecular complexity index is 578. The summed E-state index contributed by atoms with van der Waals surface area (Å²) in [4.78, 5) is 1.24. The first-order chi connectivity index (χ1) is 9.97. The Morgan fingerprint density at radius 2 is 1.62 bits per heavy atom. The van der Waals surface area contributed by atoms with Gasteiger partial charge in [-0.1, -0.05) is 49.7 Å². The van der Waals surface area contributed by atoms with E-state index in [2.05, 4.69) is 44.2 Å². The van der Waals surface area contributed by atoms with Gasteiger partial charge >= 0.3 is 0 Å². The molecule has 2 N–H and O–H groups in total. The summed E-state index contributed by atoms with van der Waals surface area (Å²) in [5.41, 5.74) is 8.72. The van der Waals surface area contributed by atoms with Crippen molar-refractivity contribution in [3.8, 4) is 0 Å². The Morgan fingerprint density at radius 1 is 0.952 bits per heavy atom. The second kappa shape index (κ2) is 7.35. The second-order valence-corrected chi connectivity index (χ2v) is 7.33. The monoisotopic (exact) mass is 319 g/mol. The zero-order valence-electron chi connectivity index (χ0n) is 12.7. The maximum absolute atomic E-state index is 6.18. The molecule has 0 aliphatic rings. The molecule has 0 saturated heterocycles. The van der Waals surface area contributed by atoms with E-state index >= 15 is 0 Å². The number of thioether (sulfide) groups is 1. The molecule has 0 aliphatic carbocycles. The molecule has 2 unspecified atom stereocenters. The highest BCUT2D eigenvalue weighted by Gasteiger charge is 2.18. The lowest BCUT2D eigenvalue weighted by molar-refractivity contribution is 0.721. The lowest BCUT2D eigenvalue weighted by Gasteiger charge is -2.21. The lowest BCUT2D eigenvalue weighted by atomic mass is 10.0. The minimum atomic E-state index is 0.0539. The molecule has 2 aromatic carbocycles. The summed E-state index contributed by atoms with van der Waals surface area (Å²) in [7, 11) is 0. The predicted molar refractivity (Wildman–Crippen MR) is 94.2 cm³/mol. The number of benzene rings is 2. The minimum absolute atomic E-state index is 0.0539. The van der Waals surface area contributed by atoms with Crippen LogP contribution in [-0.2, 0) is 0 Å². The predicted octanol–water partition coefficient (Wildman–Crippen LogP) is 5.64. The molecule has 3 heteroatoms. The van der Waals surface area contributed by atoms with Crippen LogP contribution in [0, 0.1) is 0 Å². The van der Waals surface area contributed by atoms with Crippen LogP contribution in [0.5, 0.6) is 0 Å². The molecule has 0 amide bonds. The van der Waals surface area contributed by atoms with Crippen molar-refractivity contribution in [2.75, 3.05) is 0 Å². The highest BCUT2D eigenvalue weighted by molar-refractivity contribution is 7.99.